The molecule has 0 aliphatic rings. The molecule has 0 atom stereocenters. The van der Waals surface area contributed by atoms with Crippen LogP contribution in [0.1, 0.15) is 0 Å². The Bertz CT molecular complexity index is 678. The maximum absolute atomic E-state index is 11.5. The second-order valence-electron chi connectivity index (χ2n) is 3.64. The van der Waals surface area contributed by atoms with Crippen molar-refractivity contribution in [1.82, 2.24) is 19.3 Å². The van der Waals surface area contributed by atoms with Crippen LogP contribution in [0.5, 0.6) is 0 Å². The van der Waals surface area contributed by atoms with Gasteiger partial charge in [0.1, 0.15) is 6.33 Å². The Hall–Kier alpha value is -2.56. The van der Waals surface area contributed by atoms with Crippen molar-refractivity contribution >= 4 is 0 Å². The van der Waals surface area contributed by atoms with Crippen molar-refractivity contribution in [2.45, 2.75) is 0 Å². The molecule has 0 unspecified atom stereocenters. The zero-order valence-electron chi connectivity index (χ0n) is 8.95. The summed E-state index contributed by atoms with van der Waals surface area (Å²) < 4.78 is 3.45. The Balaban J connectivity index is 2.12. The van der Waals surface area contributed by atoms with Crippen molar-refractivity contribution in [1.29, 1.82) is 0 Å². The number of rotatable bonds is 2. The molecule has 0 saturated carbocycles. The van der Waals surface area contributed by atoms with E-state index in [1.165, 1.54) is 10.9 Å². The van der Waals surface area contributed by atoms with Crippen LogP contribution >= 0.6 is 0 Å². The molecule has 0 aliphatic heterocycles. The van der Waals surface area contributed by atoms with Gasteiger partial charge < -0.3 is 4.57 Å². The number of aromatic amines is 1. The average molecular weight is 226 g/mol. The number of hydrogen-bond acceptors (Lipinski definition) is 2. The minimum atomic E-state index is -0.241. The molecule has 3 rings (SSSR count). The van der Waals surface area contributed by atoms with Gasteiger partial charge in [-0.05, 0) is 30.3 Å². The van der Waals surface area contributed by atoms with Gasteiger partial charge in [0.05, 0.1) is 5.69 Å². The van der Waals surface area contributed by atoms with Gasteiger partial charge in [-0.2, -0.15) is 5.10 Å². The van der Waals surface area contributed by atoms with Crippen molar-refractivity contribution < 1.29 is 0 Å². The van der Waals surface area contributed by atoms with E-state index >= 15 is 0 Å². The van der Waals surface area contributed by atoms with Gasteiger partial charge in [0.15, 0.2) is 0 Å². The molecular formula is C12H10N4O. The Kier molecular flexibility index (Phi) is 2.15. The largest absolute Gasteiger partial charge is 0.347 e. The summed E-state index contributed by atoms with van der Waals surface area (Å²) in [5, 5.41) is 6.08. The fourth-order valence-corrected chi connectivity index (χ4v) is 1.74. The standard InChI is InChI=1S/C12H10N4O/c17-12-14-13-9-16(12)11-5-3-4-10(8-11)15-6-1-2-7-15/h1-9H,(H,14,17). The monoisotopic (exact) mass is 226 g/mol. The number of nitrogens with zero attached hydrogens (tertiary/aromatic N) is 3. The molecule has 0 bridgehead atoms. The molecule has 1 aromatic carbocycles. The summed E-state index contributed by atoms with van der Waals surface area (Å²) in [7, 11) is 0. The first-order valence-electron chi connectivity index (χ1n) is 5.20. The molecule has 0 aliphatic carbocycles. The second kappa shape index (κ2) is 3.79. The number of hydrogen-bond donors (Lipinski definition) is 1. The minimum Gasteiger partial charge on any atom is -0.324 e. The molecular weight excluding hydrogens is 216 g/mol. The summed E-state index contributed by atoms with van der Waals surface area (Å²) in [5.74, 6) is 0. The van der Waals surface area contributed by atoms with E-state index in [0.717, 1.165) is 11.4 Å². The van der Waals surface area contributed by atoms with E-state index in [-0.39, 0.29) is 5.69 Å². The smallest absolute Gasteiger partial charge is 0.324 e. The lowest BCUT2D eigenvalue weighted by molar-refractivity contribution is 0.975. The minimum absolute atomic E-state index is 0.241. The molecule has 5 heteroatoms. The lowest BCUT2D eigenvalue weighted by Gasteiger charge is -2.05. The Labute approximate surface area is 97.0 Å². The van der Waals surface area contributed by atoms with Crippen molar-refractivity contribution in [3.05, 3.63) is 65.6 Å². The van der Waals surface area contributed by atoms with E-state index in [9.17, 15) is 4.79 Å². The first-order valence-corrected chi connectivity index (χ1v) is 5.20. The molecule has 84 valence electrons. The Morgan fingerprint density at radius 2 is 1.82 bits per heavy atom. The highest BCUT2D eigenvalue weighted by Crippen LogP contribution is 2.12. The molecule has 17 heavy (non-hydrogen) atoms. The second-order valence-corrected chi connectivity index (χ2v) is 3.64. The summed E-state index contributed by atoms with van der Waals surface area (Å²) in [6.45, 7) is 0. The maximum atomic E-state index is 11.5. The number of H-pyrrole nitrogens is 1. The van der Waals surface area contributed by atoms with Gasteiger partial charge >= 0.3 is 5.69 Å². The van der Waals surface area contributed by atoms with Crippen molar-refractivity contribution in [2.75, 3.05) is 0 Å². The first-order chi connectivity index (χ1) is 8.34. The highest BCUT2D eigenvalue weighted by atomic mass is 16.1. The third kappa shape index (κ3) is 1.67. The molecule has 0 saturated heterocycles. The third-order valence-corrected chi connectivity index (χ3v) is 2.56. The van der Waals surface area contributed by atoms with Gasteiger partial charge in [-0.1, -0.05) is 6.07 Å². The molecule has 1 N–H and O–H groups in total. The Morgan fingerprint density at radius 1 is 1.06 bits per heavy atom. The molecule has 0 amide bonds. The quantitative estimate of drug-likeness (QED) is 0.717. The van der Waals surface area contributed by atoms with E-state index < -0.39 is 0 Å². The summed E-state index contributed by atoms with van der Waals surface area (Å²) >= 11 is 0. The molecule has 0 radical (unpaired) electrons. The topological polar surface area (TPSA) is 55.6 Å². The predicted molar refractivity (Wildman–Crippen MR) is 63.5 cm³/mol. The first kappa shape index (κ1) is 9.65. The number of nitrogens with one attached hydrogen (secondary N) is 1. The zero-order valence-corrected chi connectivity index (χ0v) is 8.95. The van der Waals surface area contributed by atoms with Crippen LogP contribution in [-0.4, -0.2) is 19.3 Å². The molecule has 3 aromatic rings. The fraction of sp³-hybridized carbons (Fsp3) is 0. The average Bonchev–Trinajstić information content (AvgIpc) is 2.99. The van der Waals surface area contributed by atoms with Crippen LogP contribution in [0.2, 0.25) is 0 Å². The van der Waals surface area contributed by atoms with Gasteiger partial charge in [0, 0.05) is 18.1 Å². The third-order valence-electron chi connectivity index (χ3n) is 2.56. The van der Waals surface area contributed by atoms with Gasteiger partial charge in [0.25, 0.3) is 0 Å². The van der Waals surface area contributed by atoms with E-state index in [2.05, 4.69) is 10.2 Å². The van der Waals surface area contributed by atoms with Gasteiger partial charge in [-0.3, -0.25) is 0 Å². The summed E-state index contributed by atoms with van der Waals surface area (Å²) in [6, 6.07) is 11.6. The molecule has 5 nitrogen and oxygen atoms in total. The maximum Gasteiger partial charge on any atom is 0.347 e. The van der Waals surface area contributed by atoms with Gasteiger partial charge in [0.2, 0.25) is 0 Å². The van der Waals surface area contributed by atoms with Crippen molar-refractivity contribution in [3.63, 3.8) is 0 Å². The van der Waals surface area contributed by atoms with E-state index in [4.69, 9.17) is 0 Å². The summed E-state index contributed by atoms with van der Waals surface area (Å²) in [4.78, 5) is 11.5. The van der Waals surface area contributed by atoms with Crippen LogP contribution in [0.3, 0.4) is 0 Å². The zero-order chi connectivity index (χ0) is 11.7. The van der Waals surface area contributed by atoms with Crippen LogP contribution in [-0.2, 0) is 0 Å². The van der Waals surface area contributed by atoms with E-state index in [1.807, 2.05) is 53.4 Å². The van der Waals surface area contributed by atoms with Crippen molar-refractivity contribution in [2.24, 2.45) is 0 Å². The highest BCUT2D eigenvalue weighted by Gasteiger charge is 2.02. The van der Waals surface area contributed by atoms with Crippen LogP contribution in [0.15, 0.2) is 59.9 Å². The van der Waals surface area contributed by atoms with Crippen LogP contribution in [0.4, 0.5) is 0 Å². The fourth-order valence-electron chi connectivity index (χ4n) is 1.74. The molecule has 0 fully saturated rings. The molecule has 2 heterocycles. The molecule has 2 aromatic heterocycles. The van der Waals surface area contributed by atoms with E-state index in [1.54, 1.807) is 0 Å². The van der Waals surface area contributed by atoms with Crippen LogP contribution in [0.25, 0.3) is 11.4 Å². The van der Waals surface area contributed by atoms with Gasteiger partial charge in [-0.25, -0.2) is 14.5 Å². The normalized spacial score (nSPS) is 10.6. The lowest BCUT2D eigenvalue weighted by atomic mass is 10.2. The lowest BCUT2D eigenvalue weighted by Crippen LogP contribution is -2.14. The predicted octanol–water partition coefficient (Wildman–Crippen LogP) is 1.35. The Morgan fingerprint density at radius 3 is 2.53 bits per heavy atom. The summed E-state index contributed by atoms with van der Waals surface area (Å²) in [6.07, 6.45) is 5.38. The van der Waals surface area contributed by atoms with Gasteiger partial charge in [-0.15, -0.1) is 0 Å². The number of benzene rings is 1. The summed E-state index contributed by atoms with van der Waals surface area (Å²) in [5.41, 5.74) is 1.55. The number of aromatic nitrogens is 4. The van der Waals surface area contributed by atoms with E-state index in [0.29, 0.717) is 0 Å². The highest BCUT2D eigenvalue weighted by molar-refractivity contribution is 5.43. The molecule has 0 spiro atoms. The van der Waals surface area contributed by atoms with Crippen LogP contribution in [0, 0.1) is 0 Å². The SMILES string of the molecule is O=c1[nH]ncn1-c1cccc(-n2cccc2)c1. The van der Waals surface area contributed by atoms with Crippen molar-refractivity contribution in [3.8, 4) is 11.4 Å². The van der Waals surface area contributed by atoms with Crippen LogP contribution < -0.4 is 5.69 Å².